The number of nitrogens with one attached hydrogen (secondary N) is 2. The lowest BCUT2D eigenvalue weighted by Crippen LogP contribution is -2.39. The Balaban J connectivity index is 0.00000124. The molecule has 2 amide bonds. The normalized spacial score (nSPS) is 13.5. The summed E-state index contributed by atoms with van der Waals surface area (Å²) in [7, 11) is 0. The van der Waals surface area contributed by atoms with Crippen LogP contribution in [0.15, 0.2) is 48.5 Å². The molecule has 1 heterocycles. The number of thiazole rings is 1. The number of carbonyl (C=O) groups excluding carboxylic acids is 2. The lowest BCUT2D eigenvalue weighted by Gasteiger charge is -2.08. The molecule has 1 unspecified atom stereocenters. The van der Waals surface area contributed by atoms with E-state index in [4.69, 9.17) is 0 Å². The van der Waals surface area contributed by atoms with Gasteiger partial charge in [0.05, 0.1) is 22.8 Å². The lowest BCUT2D eigenvalue weighted by atomic mass is 10.1. The molecule has 1 saturated carbocycles. The number of carbonyl (C=O) groups is 2. The standard InChI is InChI=1S/C21H18N4O2S.C2H6/c22-11-16(20(27)23-12-19(26)24-15-7-8-15)21-25-17-9-6-14(10-18(17)28-21)13-4-2-1-3-5-13;1-2/h1-6,9-10,15-16H,7-8,12H2,(H,23,27)(H,24,26);1-2H3. The summed E-state index contributed by atoms with van der Waals surface area (Å²) in [6.45, 7) is 3.87. The summed E-state index contributed by atoms with van der Waals surface area (Å²) in [5.41, 5.74) is 2.90. The average Bonchev–Trinajstić information content (AvgIpc) is 3.50. The quantitative estimate of drug-likeness (QED) is 0.630. The number of nitrogens with zero attached hydrogens (tertiary/aromatic N) is 2. The van der Waals surface area contributed by atoms with Gasteiger partial charge < -0.3 is 10.6 Å². The first kappa shape index (κ1) is 21.5. The number of rotatable bonds is 6. The van der Waals surface area contributed by atoms with Gasteiger partial charge in [0.2, 0.25) is 11.8 Å². The lowest BCUT2D eigenvalue weighted by molar-refractivity contribution is -0.126. The fourth-order valence-electron chi connectivity index (χ4n) is 2.88. The van der Waals surface area contributed by atoms with Gasteiger partial charge in [0.1, 0.15) is 5.01 Å². The van der Waals surface area contributed by atoms with E-state index in [1.165, 1.54) is 11.3 Å². The smallest absolute Gasteiger partial charge is 0.244 e. The molecular weight excluding hydrogens is 396 g/mol. The Kier molecular flexibility index (Phi) is 7.15. The van der Waals surface area contributed by atoms with Crippen LogP contribution in [0.2, 0.25) is 0 Å². The van der Waals surface area contributed by atoms with Crippen molar-refractivity contribution in [2.75, 3.05) is 6.54 Å². The van der Waals surface area contributed by atoms with Crippen LogP contribution in [-0.2, 0) is 9.59 Å². The van der Waals surface area contributed by atoms with Crippen LogP contribution in [0.5, 0.6) is 0 Å². The van der Waals surface area contributed by atoms with Gasteiger partial charge in [-0.25, -0.2) is 4.98 Å². The van der Waals surface area contributed by atoms with E-state index in [0.717, 1.165) is 34.2 Å². The van der Waals surface area contributed by atoms with Crippen molar-refractivity contribution in [3.05, 3.63) is 53.5 Å². The Morgan fingerprint density at radius 3 is 2.57 bits per heavy atom. The Labute approximate surface area is 179 Å². The number of benzene rings is 2. The third-order valence-corrected chi connectivity index (χ3v) is 5.60. The second-order valence-corrected chi connectivity index (χ2v) is 7.78. The molecule has 0 radical (unpaired) electrons. The second kappa shape index (κ2) is 9.99. The van der Waals surface area contributed by atoms with E-state index < -0.39 is 11.8 Å². The van der Waals surface area contributed by atoms with Gasteiger partial charge in [0, 0.05) is 6.04 Å². The minimum absolute atomic E-state index is 0.128. The number of fused-ring (bicyclic) bond motifs is 1. The number of aromatic nitrogens is 1. The summed E-state index contributed by atoms with van der Waals surface area (Å²) in [5.74, 6) is -1.77. The van der Waals surface area contributed by atoms with Crippen LogP contribution in [-0.4, -0.2) is 29.4 Å². The van der Waals surface area contributed by atoms with Crippen molar-refractivity contribution in [3.8, 4) is 17.2 Å². The van der Waals surface area contributed by atoms with Crippen LogP contribution in [0.1, 0.15) is 37.6 Å². The van der Waals surface area contributed by atoms with Gasteiger partial charge in [0.15, 0.2) is 5.92 Å². The molecule has 7 heteroatoms. The Morgan fingerprint density at radius 2 is 1.90 bits per heavy atom. The molecule has 0 spiro atoms. The number of hydrogen-bond acceptors (Lipinski definition) is 5. The monoisotopic (exact) mass is 420 g/mol. The highest BCUT2D eigenvalue weighted by Gasteiger charge is 2.26. The molecule has 0 aliphatic heterocycles. The van der Waals surface area contributed by atoms with Crippen molar-refractivity contribution in [1.82, 2.24) is 15.6 Å². The highest BCUT2D eigenvalue weighted by molar-refractivity contribution is 7.18. The molecule has 2 N–H and O–H groups in total. The first-order valence-electron chi connectivity index (χ1n) is 10.1. The summed E-state index contributed by atoms with van der Waals surface area (Å²) >= 11 is 1.33. The highest BCUT2D eigenvalue weighted by Crippen LogP contribution is 2.31. The fourth-order valence-corrected chi connectivity index (χ4v) is 3.93. The van der Waals surface area contributed by atoms with E-state index in [1.54, 1.807) is 0 Å². The van der Waals surface area contributed by atoms with Gasteiger partial charge in [-0.2, -0.15) is 5.26 Å². The molecule has 154 valence electrons. The van der Waals surface area contributed by atoms with Crippen LogP contribution < -0.4 is 10.6 Å². The molecule has 3 aromatic rings. The Hall–Kier alpha value is -3.24. The molecule has 1 aliphatic carbocycles. The molecule has 1 aliphatic rings. The third-order valence-electron chi connectivity index (χ3n) is 4.52. The van der Waals surface area contributed by atoms with E-state index >= 15 is 0 Å². The summed E-state index contributed by atoms with van der Waals surface area (Å²) in [5, 5.41) is 15.3. The van der Waals surface area contributed by atoms with Crippen molar-refractivity contribution < 1.29 is 9.59 Å². The molecule has 1 aromatic heterocycles. The SMILES string of the molecule is CC.N#CC(C(=O)NCC(=O)NC1CC1)c1nc2ccc(-c3ccccc3)cc2s1. The summed E-state index contributed by atoms with van der Waals surface area (Å²) in [4.78, 5) is 28.6. The maximum absolute atomic E-state index is 12.4. The molecule has 30 heavy (non-hydrogen) atoms. The van der Waals surface area contributed by atoms with Crippen LogP contribution in [0.4, 0.5) is 0 Å². The van der Waals surface area contributed by atoms with E-state index in [1.807, 2.05) is 68.4 Å². The predicted octanol–water partition coefficient (Wildman–Crippen LogP) is 3.99. The van der Waals surface area contributed by atoms with Crippen LogP contribution >= 0.6 is 11.3 Å². The van der Waals surface area contributed by atoms with Gasteiger partial charge >= 0.3 is 0 Å². The van der Waals surface area contributed by atoms with E-state index in [9.17, 15) is 14.9 Å². The van der Waals surface area contributed by atoms with Crippen molar-refractivity contribution in [2.45, 2.75) is 38.6 Å². The zero-order chi connectivity index (χ0) is 21.5. The maximum atomic E-state index is 12.4. The van der Waals surface area contributed by atoms with Gasteiger partial charge in [-0.15, -0.1) is 11.3 Å². The number of amides is 2. The van der Waals surface area contributed by atoms with Gasteiger partial charge in [-0.3, -0.25) is 9.59 Å². The summed E-state index contributed by atoms with van der Waals surface area (Å²) < 4.78 is 0.913. The third kappa shape index (κ3) is 5.22. The topological polar surface area (TPSA) is 94.9 Å². The molecule has 2 aromatic carbocycles. The molecule has 1 fully saturated rings. The highest BCUT2D eigenvalue weighted by atomic mass is 32.1. The average molecular weight is 421 g/mol. The summed E-state index contributed by atoms with van der Waals surface area (Å²) in [6, 6.07) is 18.1. The first-order valence-corrected chi connectivity index (χ1v) is 10.9. The predicted molar refractivity (Wildman–Crippen MR) is 119 cm³/mol. The van der Waals surface area contributed by atoms with Gasteiger partial charge in [0.25, 0.3) is 0 Å². The zero-order valence-corrected chi connectivity index (χ0v) is 17.8. The molecule has 4 rings (SSSR count). The van der Waals surface area contributed by atoms with Crippen LogP contribution in [0.25, 0.3) is 21.3 Å². The molecule has 1 atom stereocenters. The Morgan fingerprint density at radius 1 is 1.17 bits per heavy atom. The maximum Gasteiger partial charge on any atom is 0.244 e. The molecular formula is C23H24N4O2S. The van der Waals surface area contributed by atoms with Crippen LogP contribution in [0.3, 0.4) is 0 Å². The van der Waals surface area contributed by atoms with E-state index in [0.29, 0.717) is 5.01 Å². The van der Waals surface area contributed by atoms with Crippen molar-refractivity contribution >= 4 is 33.4 Å². The fraction of sp³-hybridized carbons (Fsp3) is 0.304. The molecule has 0 bridgehead atoms. The van der Waals surface area contributed by atoms with Crippen LogP contribution in [0, 0.1) is 11.3 Å². The van der Waals surface area contributed by atoms with Gasteiger partial charge in [-0.05, 0) is 36.1 Å². The van der Waals surface area contributed by atoms with Crippen molar-refractivity contribution in [3.63, 3.8) is 0 Å². The minimum Gasteiger partial charge on any atom is -0.352 e. The summed E-state index contributed by atoms with van der Waals surface area (Å²) in [6.07, 6.45) is 1.97. The zero-order valence-electron chi connectivity index (χ0n) is 17.0. The van der Waals surface area contributed by atoms with E-state index in [-0.39, 0.29) is 18.5 Å². The second-order valence-electron chi connectivity index (χ2n) is 6.72. The van der Waals surface area contributed by atoms with Crippen molar-refractivity contribution in [2.24, 2.45) is 0 Å². The number of nitriles is 1. The minimum atomic E-state index is -1.04. The number of hydrogen-bond donors (Lipinski definition) is 2. The van der Waals surface area contributed by atoms with Crippen molar-refractivity contribution in [1.29, 1.82) is 5.26 Å². The molecule has 6 nitrogen and oxygen atoms in total. The molecule has 0 saturated heterocycles. The largest absolute Gasteiger partial charge is 0.352 e. The van der Waals surface area contributed by atoms with Gasteiger partial charge in [-0.1, -0.05) is 50.2 Å². The van der Waals surface area contributed by atoms with E-state index in [2.05, 4.69) is 15.6 Å². The first-order chi connectivity index (χ1) is 14.6. The Bertz CT molecular complexity index is 1070.